The van der Waals surface area contributed by atoms with Crippen LogP contribution in [0.3, 0.4) is 0 Å². The zero-order valence-electron chi connectivity index (χ0n) is 8.59. The average molecular weight is 183 g/mol. The van der Waals surface area contributed by atoms with Gasteiger partial charge in [-0.05, 0) is 39.2 Å². The fraction of sp³-hybridized carbons (Fsp3) is 0.818. The van der Waals surface area contributed by atoms with Crippen molar-refractivity contribution in [1.29, 1.82) is 0 Å². The maximum Gasteiger partial charge on any atom is 0.0477 e. The fourth-order valence-corrected chi connectivity index (χ4v) is 1.59. The van der Waals surface area contributed by atoms with Crippen LogP contribution in [-0.2, 0) is 4.74 Å². The average Bonchev–Trinajstić information content (AvgIpc) is 2.19. The highest BCUT2D eigenvalue weighted by Crippen LogP contribution is 2.09. The van der Waals surface area contributed by atoms with Crippen LogP contribution in [0.15, 0.2) is 12.2 Å². The third kappa shape index (κ3) is 5.06. The van der Waals surface area contributed by atoms with Crippen LogP contribution in [0, 0.1) is 0 Å². The first-order valence-corrected chi connectivity index (χ1v) is 5.41. The van der Waals surface area contributed by atoms with Crippen LogP contribution in [0.5, 0.6) is 0 Å². The Labute approximate surface area is 81.4 Å². The predicted octanol–water partition coefficient (Wildman–Crippen LogP) is 2.11. The molecule has 1 atom stereocenters. The smallest absolute Gasteiger partial charge is 0.0477 e. The van der Waals surface area contributed by atoms with Crippen molar-refractivity contribution in [3.05, 3.63) is 12.2 Å². The van der Waals surface area contributed by atoms with Crippen molar-refractivity contribution in [3.8, 4) is 0 Å². The highest BCUT2D eigenvalue weighted by molar-refractivity contribution is 4.97. The molecular weight excluding hydrogens is 162 g/mol. The first kappa shape index (κ1) is 10.7. The van der Waals surface area contributed by atoms with Gasteiger partial charge >= 0.3 is 0 Å². The van der Waals surface area contributed by atoms with E-state index in [1.54, 1.807) is 0 Å². The first-order valence-electron chi connectivity index (χ1n) is 5.41. The third-order valence-electron chi connectivity index (χ3n) is 2.33. The van der Waals surface area contributed by atoms with Crippen molar-refractivity contribution < 1.29 is 4.74 Å². The Morgan fingerprint density at radius 2 is 2.46 bits per heavy atom. The Morgan fingerprint density at radius 3 is 3.15 bits per heavy atom. The zero-order chi connectivity index (χ0) is 9.36. The predicted molar refractivity (Wildman–Crippen MR) is 55.9 cm³/mol. The summed E-state index contributed by atoms with van der Waals surface area (Å²) >= 11 is 0. The molecule has 0 fully saturated rings. The minimum Gasteiger partial charge on any atom is -0.382 e. The molecule has 2 heteroatoms. The van der Waals surface area contributed by atoms with E-state index in [9.17, 15) is 0 Å². The van der Waals surface area contributed by atoms with Crippen molar-refractivity contribution in [2.75, 3.05) is 19.8 Å². The van der Waals surface area contributed by atoms with Crippen LogP contribution >= 0.6 is 0 Å². The summed E-state index contributed by atoms with van der Waals surface area (Å²) in [5.74, 6) is 0. The van der Waals surface area contributed by atoms with Crippen molar-refractivity contribution >= 4 is 0 Å². The van der Waals surface area contributed by atoms with Crippen LogP contribution < -0.4 is 5.32 Å². The molecular formula is C11H21NO. The summed E-state index contributed by atoms with van der Waals surface area (Å²) in [6, 6.07) is 0.621. The summed E-state index contributed by atoms with van der Waals surface area (Å²) in [5, 5.41) is 3.51. The molecule has 1 N–H and O–H groups in total. The Balaban J connectivity index is 1.92. The van der Waals surface area contributed by atoms with Gasteiger partial charge in [0, 0.05) is 19.3 Å². The normalized spacial score (nSPS) is 22.1. The van der Waals surface area contributed by atoms with E-state index >= 15 is 0 Å². The Hall–Kier alpha value is -0.340. The SMILES string of the molecule is CCOCCCNC1C=CCCC1. The lowest BCUT2D eigenvalue weighted by Gasteiger charge is -2.17. The van der Waals surface area contributed by atoms with Crippen molar-refractivity contribution in [3.63, 3.8) is 0 Å². The van der Waals surface area contributed by atoms with E-state index in [4.69, 9.17) is 4.74 Å². The lowest BCUT2D eigenvalue weighted by molar-refractivity contribution is 0.144. The standard InChI is InChI=1S/C11H21NO/c1-2-13-10-6-9-12-11-7-4-3-5-8-11/h4,7,11-12H,2-3,5-6,8-10H2,1H3. The summed E-state index contributed by atoms with van der Waals surface area (Å²) in [4.78, 5) is 0. The van der Waals surface area contributed by atoms with E-state index in [1.807, 2.05) is 6.92 Å². The van der Waals surface area contributed by atoms with Gasteiger partial charge in [-0.3, -0.25) is 0 Å². The van der Waals surface area contributed by atoms with Crippen molar-refractivity contribution in [2.45, 2.75) is 38.6 Å². The second-order valence-electron chi connectivity index (χ2n) is 3.47. The van der Waals surface area contributed by atoms with Crippen LogP contribution in [0.25, 0.3) is 0 Å². The van der Waals surface area contributed by atoms with E-state index < -0.39 is 0 Å². The third-order valence-corrected chi connectivity index (χ3v) is 2.33. The Bertz CT molecular complexity index is 145. The number of hydrogen-bond donors (Lipinski definition) is 1. The molecule has 0 aromatic rings. The van der Waals surface area contributed by atoms with Crippen molar-refractivity contribution in [1.82, 2.24) is 5.32 Å². The van der Waals surface area contributed by atoms with Gasteiger partial charge in [-0.15, -0.1) is 0 Å². The van der Waals surface area contributed by atoms with Gasteiger partial charge < -0.3 is 10.1 Å². The largest absolute Gasteiger partial charge is 0.382 e. The van der Waals surface area contributed by atoms with Crippen molar-refractivity contribution in [2.24, 2.45) is 0 Å². The van der Waals surface area contributed by atoms with Crippen LogP contribution in [-0.4, -0.2) is 25.8 Å². The molecule has 0 aromatic heterocycles. The van der Waals surface area contributed by atoms with E-state index in [1.165, 1.54) is 19.3 Å². The number of nitrogens with one attached hydrogen (secondary N) is 1. The summed E-state index contributed by atoms with van der Waals surface area (Å²) in [7, 11) is 0. The highest BCUT2D eigenvalue weighted by Gasteiger charge is 2.05. The molecule has 0 aromatic carbocycles. The molecule has 0 spiro atoms. The van der Waals surface area contributed by atoms with Gasteiger partial charge in [0.05, 0.1) is 0 Å². The second kappa shape index (κ2) is 7.10. The lowest BCUT2D eigenvalue weighted by Crippen LogP contribution is -2.29. The van der Waals surface area contributed by atoms with Crippen LogP contribution in [0.2, 0.25) is 0 Å². The molecule has 0 amide bonds. The highest BCUT2D eigenvalue weighted by atomic mass is 16.5. The number of ether oxygens (including phenoxy) is 1. The first-order chi connectivity index (χ1) is 6.43. The topological polar surface area (TPSA) is 21.3 Å². The number of allylic oxidation sites excluding steroid dienone is 1. The quantitative estimate of drug-likeness (QED) is 0.503. The minimum absolute atomic E-state index is 0.621. The summed E-state index contributed by atoms with van der Waals surface area (Å²) < 4.78 is 5.26. The van der Waals surface area contributed by atoms with Gasteiger partial charge in [0.1, 0.15) is 0 Å². The molecule has 0 saturated carbocycles. The van der Waals surface area contributed by atoms with E-state index in [-0.39, 0.29) is 0 Å². The minimum atomic E-state index is 0.621. The van der Waals surface area contributed by atoms with E-state index in [0.29, 0.717) is 6.04 Å². The van der Waals surface area contributed by atoms with Crippen LogP contribution in [0.1, 0.15) is 32.6 Å². The number of hydrogen-bond acceptors (Lipinski definition) is 2. The molecule has 0 radical (unpaired) electrons. The monoisotopic (exact) mass is 183 g/mol. The molecule has 0 saturated heterocycles. The zero-order valence-corrected chi connectivity index (χ0v) is 8.59. The molecule has 2 nitrogen and oxygen atoms in total. The summed E-state index contributed by atoms with van der Waals surface area (Å²) in [6.45, 7) is 4.84. The van der Waals surface area contributed by atoms with Gasteiger partial charge in [-0.25, -0.2) is 0 Å². The second-order valence-corrected chi connectivity index (χ2v) is 3.47. The molecule has 76 valence electrons. The molecule has 0 bridgehead atoms. The van der Waals surface area contributed by atoms with Gasteiger partial charge in [0.15, 0.2) is 0 Å². The molecule has 0 heterocycles. The Kier molecular flexibility index (Phi) is 5.87. The maximum atomic E-state index is 5.26. The number of rotatable bonds is 6. The van der Waals surface area contributed by atoms with E-state index in [2.05, 4.69) is 17.5 Å². The van der Waals surface area contributed by atoms with Crippen LogP contribution in [0.4, 0.5) is 0 Å². The maximum absolute atomic E-state index is 5.26. The lowest BCUT2D eigenvalue weighted by atomic mass is 10.0. The molecule has 1 aliphatic rings. The Morgan fingerprint density at radius 1 is 1.54 bits per heavy atom. The van der Waals surface area contributed by atoms with Gasteiger partial charge in [0.25, 0.3) is 0 Å². The molecule has 1 rings (SSSR count). The molecule has 1 unspecified atom stereocenters. The van der Waals surface area contributed by atoms with Gasteiger partial charge in [-0.1, -0.05) is 12.2 Å². The van der Waals surface area contributed by atoms with Gasteiger partial charge in [0.2, 0.25) is 0 Å². The summed E-state index contributed by atoms with van der Waals surface area (Å²) in [5.41, 5.74) is 0. The summed E-state index contributed by atoms with van der Waals surface area (Å²) in [6.07, 6.45) is 9.59. The molecule has 13 heavy (non-hydrogen) atoms. The molecule has 1 aliphatic carbocycles. The molecule has 0 aliphatic heterocycles. The fourth-order valence-electron chi connectivity index (χ4n) is 1.59. The van der Waals surface area contributed by atoms with E-state index in [0.717, 1.165) is 26.2 Å². The van der Waals surface area contributed by atoms with Gasteiger partial charge in [-0.2, -0.15) is 0 Å².